The van der Waals surface area contributed by atoms with Gasteiger partial charge in [-0.15, -0.1) is 5.10 Å². The Balaban J connectivity index is 1.09. The van der Waals surface area contributed by atoms with E-state index >= 15 is 0 Å². The third-order valence-electron chi connectivity index (χ3n) is 9.48. The van der Waals surface area contributed by atoms with Crippen molar-refractivity contribution in [2.24, 2.45) is 0 Å². The third-order valence-corrected chi connectivity index (χ3v) is 9.48. The van der Waals surface area contributed by atoms with Crippen LogP contribution >= 0.6 is 0 Å². The summed E-state index contributed by atoms with van der Waals surface area (Å²) in [7, 11) is 7.72. The number of benzene rings is 4. The standard InChI is InChI=1S/C39H37N7O8/c1-21(35(48)41-24-8-6-7-22(15-24)34(47)37(50)51)46-20-25(42-43-46)19-40-36(49)23-9-12-29-28(16-23)38(52)54-39(29)30-13-10-26(44(2)3)17-32(30)53-33-18-27(45(4)5)11-14-31(33)39/h6-18,20-21,37,50-51H,19H2,1-5H3,(H,40,49)(H,41,48). The predicted octanol–water partition coefficient (Wildman–Crippen LogP) is 3.60. The Labute approximate surface area is 309 Å². The van der Waals surface area contributed by atoms with Crippen molar-refractivity contribution >= 4 is 40.6 Å². The number of amides is 2. The van der Waals surface area contributed by atoms with Crippen LogP contribution in [0.5, 0.6) is 11.5 Å². The number of carbonyl (C=O) groups is 4. The van der Waals surface area contributed by atoms with Gasteiger partial charge in [0.25, 0.3) is 5.91 Å². The van der Waals surface area contributed by atoms with Crippen molar-refractivity contribution in [3.8, 4) is 11.5 Å². The minimum Gasteiger partial charge on any atom is -0.456 e. The number of fused-ring (bicyclic) bond motifs is 6. The smallest absolute Gasteiger partial charge is 0.340 e. The second-order valence-electron chi connectivity index (χ2n) is 13.4. The van der Waals surface area contributed by atoms with Crippen molar-refractivity contribution < 1.29 is 38.9 Å². The highest BCUT2D eigenvalue weighted by Gasteiger charge is 2.53. The minimum atomic E-state index is -2.17. The Morgan fingerprint density at radius 2 is 1.50 bits per heavy atom. The lowest BCUT2D eigenvalue weighted by atomic mass is 9.77. The number of aliphatic hydroxyl groups is 2. The van der Waals surface area contributed by atoms with Crippen LogP contribution in [-0.2, 0) is 21.7 Å². The highest BCUT2D eigenvalue weighted by molar-refractivity contribution is 6.02. The molecule has 276 valence electrons. The highest BCUT2D eigenvalue weighted by atomic mass is 16.6. The van der Waals surface area contributed by atoms with Crippen LogP contribution in [0, 0.1) is 0 Å². The fourth-order valence-corrected chi connectivity index (χ4v) is 6.53. The van der Waals surface area contributed by atoms with Gasteiger partial charge in [0.15, 0.2) is 5.60 Å². The Kier molecular flexibility index (Phi) is 9.12. The normalized spacial score (nSPS) is 14.0. The number of ether oxygens (including phenoxy) is 2. The molecule has 3 heterocycles. The molecule has 0 aliphatic carbocycles. The third kappa shape index (κ3) is 6.28. The van der Waals surface area contributed by atoms with Crippen LogP contribution in [0.4, 0.5) is 17.1 Å². The molecule has 0 saturated heterocycles. The molecule has 15 heteroatoms. The number of nitrogens with one attached hydrogen (secondary N) is 2. The van der Waals surface area contributed by atoms with Gasteiger partial charge in [0, 0.05) is 85.2 Å². The number of nitrogens with zero attached hydrogens (tertiary/aromatic N) is 5. The molecule has 4 N–H and O–H groups in total. The molecule has 54 heavy (non-hydrogen) atoms. The second-order valence-corrected chi connectivity index (χ2v) is 13.4. The summed E-state index contributed by atoms with van der Waals surface area (Å²) in [5.74, 6) is -1.31. The molecule has 7 rings (SSSR count). The van der Waals surface area contributed by atoms with Crippen molar-refractivity contribution in [2.75, 3.05) is 43.3 Å². The summed E-state index contributed by atoms with van der Waals surface area (Å²) in [4.78, 5) is 55.8. The monoisotopic (exact) mass is 731 g/mol. The number of ketones is 1. The number of hydrogen-bond acceptors (Lipinski definition) is 12. The van der Waals surface area contributed by atoms with E-state index in [1.54, 1.807) is 25.1 Å². The first-order valence-corrected chi connectivity index (χ1v) is 17.0. The zero-order chi connectivity index (χ0) is 38.5. The highest BCUT2D eigenvalue weighted by Crippen LogP contribution is 2.57. The van der Waals surface area contributed by atoms with Gasteiger partial charge < -0.3 is 40.1 Å². The molecule has 1 atom stereocenters. The van der Waals surface area contributed by atoms with Crippen molar-refractivity contribution in [2.45, 2.75) is 31.4 Å². The van der Waals surface area contributed by atoms with Crippen molar-refractivity contribution in [1.82, 2.24) is 20.3 Å². The van der Waals surface area contributed by atoms with E-state index in [0.717, 1.165) is 11.4 Å². The molecule has 0 radical (unpaired) electrons. The Hall–Kier alpha value is -6.58. The molecule has 1 unspecified atom stereocenters. The van der Waals surface area contributed by atoms with Crippen LogP contribution in [-0.4, -0.2) is 83.3 Å². The lowest BCUT2D eigenvalue weighted by Gasteiger charge is -2.37. The van der Waals surface area contributed by atoms with Crippen molar-refractivity contribution in [3.63, 3.8) is 0 Å². The summed E-state index contributed by atoms with van der Waals surface area (Å²) < 4.78 is 14.1. The molecule has 4 aromatic carbocycles. The van der Waals surface area contributed by atoms with Gasteiger partial charge in [-0.1, -0.05) is 23.4 Å². The average molecular weight is 732 g/mol. The fourth-order valence-electron chi connectivity index (χ4n) is 6.53. The number of anilines is 3. The van der Waals surface area contributed by atoms with Gasteiger partial charge >= 0.3 is 5.97 Å². The Morgan fingerprint density at radius 3 is 2.13 bits per heavy atom. The van der Waals surface area contributed by atoms with Crippen LogP contribution in [0.3, 0.4) is 0 Å². The maximum Gasteiger partial charge on any atom is 0.340 e. The van der Waals surface area contributed by atoms with Crippen LogP contribution in [0.25, 0.3) is 0 Å². The molecule has 1 spiro atoms. The van der Waals surface area contributed by atoms with Crippen LogP contribution < -0.4 is 25.2 Å². The van der Waals surface area contributed by atoms with Crippen LogP contribution in [0.1, 0.15) is 66.4 Å². The zero-order valence-corrected chi connectivity index (χ0v) is 30.0. The summed E-state index contributed by atoms with van der Waals surface area (Å²) >= 11 is 0. The molecular weight excluding hydrogens is 694 g/mol. The fraction of sp³-hybridized carbons (Fsp3) is 0.231. The number of hydrogen-bond donors (Lipinski definition) is 4. The van der Waals surface area contributed by atoms with E-state index in [0.29, 0.717) is 33.9 Å². The van der Waals surface area contributed by atoms with E-state index in [-0.39, 0.29) is 28.9 Å². The molecular formula is C39H37N7O8. The van der Waals surface area contributed by atoms with Gasteiger partial charge in [-0.05, 0) is 55.5 Å². The molecule has 0 saturated carbocycles. The number of Topliss-reactive ketones (excluding diaryl/α,β-unsaturated/α-hetero) is 1. The number of carbonyl (C=O) groups excluding carboxylic acids is 4. The van der Waals surface area contributed by atoms with E-state index in [2.05, 4.69) is 20.9 Å². The SMILES string of the molecule is CC(C(=O)Nc1cccc(C(=O)C(O)O)c1)n1cc(CNC(=O)c2ccc3c(c2)C(=O)OC32c3ccc(N(C)C)cc3Oc3cc(N(C)C)ccc32)nn1. The molecule has 5 aromatic rings. The molecule has 15 nitrogen and oxygen atoms in total. The Morgan fingerprint density at radius 1 is 0.852 bits per heavy atom. The van der Waals surface area contributed by atoms with E-state index in [9.17, 15) is 29.4 Å². The molecule has 0 bridgehead atoms. The van der Waals surface area contributed by atoms with Crippen LogP contribution in [0.15, 0.2) is 85.1 Å². The van der Waals surface area contributed by atoms with Gasteiger partial charge in [0.05, 0.1) is 18.3 Å². The maximum absolute atomic E-state index is 13.7. The van der Waals surface area contributed by atoms with Gasteiger partial charge in [-0.2, -0.15) is 0 Å². The summed E-state index contributed by atoms with van der Waals surface area (Å²) in [5, 5.41) is 31.9. The first-order chi connectivity index (χ1) is 25.8. The topological polar surface area (TPSA) is 188 Å². The average Bonchev–Trinajstić information content (AvgIpc) is 3.75. The number of aromatic nitrogens is 3. The summed E-state index contributed by atoms with van der Waals surface area (Å²) in [6.07, 6.45) is -0.655. The lowest BCUT2D eigenvalue weighted by Crippen LogP contribution is -2.33. The zero-order valence-electron chi connectivity index (χ0n) is 30.0. The van der Waals surface area contributed by atoms with Gasteiger partial charge in [-0.3, -0.25) is 14.4 Å². The molecule has 1 aromatic heterocycles. The minimum absolute atomic E-state index is 0.0191. The largest absolute Gasteiger partial charge is 0.456 e. The van der Waals surface area contributed by atoms with Gasteiger partial charge in [0.2, 0.25) is 18.0 Å². The second kappa shape index (κ2) is 13.8. The number of rotatable bonds is 10. The maximum atomic E-state index is 13.7. The van der Waals surface area contributed by atoms with Gasteiger partial charge in [-0.25, -0.2) is 9.48 Å². The number of aliphatic hydroxyl groups excluding tert-OH is 1. The molecule has 2 aliphatic heterocycles. The van der Waals surface area contributed by atoms with Crippen LogP contribution in [0.2, 0.25) is 0 Å². The van der Waals surface area contributed by atoms with E-state index in [1.807, 2.05) is 74.4 Å². The summed E-state index contributed by atoms with van der Waals surface area (Å²) in [6, 6.07) is 21.3. The first kappa shape index (κ1) is 35.8. The number of esters is 1. The summed E-state index contributed by atoms with van der Waals surface area (Å²) in [5.41, 5.74) is 3.59. The van der Waals surface area contributed by atoms with Gasteiger partial charge in [0.1, 0.15) is 23.2 Å². The molecule has 2 aliphatic rings. The van der Waals surface area contributed by atoms with Crippen molar-refractivity contribution in [3.05, 3.63) is 124 Å². The van der Waals surface area contributed by atoms with E-state index in [1.165, 1.54) is 35.1 Å². The molecule has 0 fully saturated rings. The summed E-state index contributed by atoms with van der Waals surface area (Å²) in [6.45, 7) is 1.57. The lowest BCUT2D eigenvalue weighted by molar-refractivity contribution is -0.119. The van der Waals surface area contributed by atoms with E-state index < -0.39 is 41.5 Å². The van der Waals surface area contributed by atoms with E-state index in [4.69, 9.17) is 9.47 Å². The predicted molar refractivity (Wildman–Crippen MR) is 197 cm³/mol. The quantitative estimate of drug-likeness (QED) is 0.0930. The molecule has 2 amide bonds. The van der Waals surface area contributed by atoms with Crippen molar-refractivity contribution in [1.29, 1.82) is 0 Å². The Bertz CT molecular complexity index is 2280. The first-order valence-electron chi connectivity index (χ1n) is 17.0.